The summed E-state index contributed by atoms with van der Waals surface area (Å²) in [6.45, 7) is 7.48. The van der Waals surface area contributed by atoms with Gasteiger partial charge in [-0.2, -0.15) is 0 Å². The van der Waals surface area contributed by atoms with Crippen LogP contribution in [0.15, 0.2) is 12.7 Å². The summed E-state index contributed by atoms with van der Waals surface area (Å²) in [5.41, 5.74) is 0.415. The Bertz CT molecular complexity index is 221. The van der Waals surface area contributed by atoms with E-state index in [1.54, 1.807) is 0 Å². The highest BCUT2D eigenvalue weighted by atomic mass is 16.2. The average Bonchev–Trinajstić information content (AvgIpc) is 2.46. The van der Waals surface area contributed by atoms with E-state index < -0.39 is 0 Å². The van der Waals surface area contributed by atoms with Gasteiger partial charge in [0.15, 0.2) is 0 Å². The fraction of sp³-hybridized carbons (Fsp3) is 0.667. The van der Waals surface area contributed by atoms with Crippen molar-refractivity contribution >= 4 is 5.91 Å². The first-order valence-corrected chi connectivity index (χ1v) is 4.38. The van der Waals surface area contributed by atoms with Crippen LogP contribution in [0.4, 0.5) is 0 Å². The van der Waals surface area contributed by atoms with Gasteiger partial charge in [0.25, 0.3) is 0 Å². The Morgan fingerprint density at radius 3 is 2.75 bits per heavy atom. The third-order valence-corrected chi connectivity index (χ3v) is 2.92. The lowest BCUT2D eigenvalue weighted by Crippen LogP contribution is -2.54. The van der Waals surface area contributed by atoms with Gasteiger partial charge in [0, 0.05) is 31.6 Å². The first-order valence-electron chi connectivity index (χ1n) is 4.38. The third kappa shape index (κ3) is 1.05. The van der Waals surface area contributed by atoms with Crippen LogP contribution in [0.2, 0.25) is 0 Å². The molecule has 0 unspecified atom stereocenters. The van der Waals surface area contributed by atoms with Crippen LogP contribution in [0, 0.1) is 5.41 Å². The quantitative estimate of drug-likeness (QED) is 0.556. The molecule has 0 saturated carbocycles. The highest BCUT2D eigenvalue weighted by Crippen LogP contribution is 2.33. The Labute approximate surface area is 72.4 Å². The molecule has 2 fully saturated rings. The van der Waals surface area contributed by atoms with E-state index in [1.165, 1.54) is 6.08 Å². The van der Waals surface area contributed by atoms with Crippen LogP contribution in [-0.4, -0.2) is 37.0 Å². The number of hydrogen-bond acceptors (Lipinski definition) is 2. The van der Waals surface area contributed by atoms with E-state index in [0.717, 1.165) is 32.6 Å². The Balaban J connectivity index is 1.97. The maximum absolute atomic E-state index is 11.2. The van der Waals surface area contributed by atoms with Gasteiger partial charge in [-0.05, 0) is 12.5 Å². The summed E-state index contributed by atoms with van der Waals surface area (Å²) in [6.07, 6.45) is 2.56. The molecule has 2 aliphatic heterocycles. The van der Waals surface area contributed by atoms with E-state index in [2.05, 4.69) is 11.9 Å². The Kier molecular flexibility index (Phi) is 1.68. The second-order valence-electron chi connectivity index (χ2n) is 3.82. The van der Waals surface area contributed by atoms with Crippen molar-refractivity contribution in [1.82, 2.24) is 10.2 Å². The van der Waals surface area contributed by atoms with Gasteiger partial charge in [-0.25, -0.2) is 0 Å². The van der Waals surface area contributed by atoms with Crippen LogP contribution in [0.3, 0.4) is 0 Å². The minimum Gasteiger partial charge on any atom is -0.339 e. The van der Waals surface area contributed by atoms with Crippen molar-refractivity contribution in [3.63, 3.8) is 0 Å². The summed E-state index contributed by atoms with van der Waals surface area (Å²) in [6, 6.07) is 0. The molecule has 1 spiro atoms. The third-order valence-electron chi connectivity index (χ3n) is 2.92. The molecule has 1 N–H and O–H groups in total. The molecule has 0 aliphatic carbocycles. The molecule has 0 atom stereocenters. The molecular weight excluding hydrogens is 152 g/mol. The monoisotopic (exact) mass is 166 g/mol. The van der Waals surface area contributed by atoms with E-state index >= 15 is 0 Å². The minimum absolute atomic E-state index is 0.0822. The SMILES string of the molecule is C=CC(=O)N1CCC2(CNC2)C1. The second-order valence-corrected chi connectivity index (χ2v) is 3.82. The largest absolute Gasteiger partial charge is 0.339 e. The van der Waals surface area contributed by atoms with Gasteiger partial charge in [0.2, 0.25) is 5.91 Å². The Morgan fingerprint density at radius 2 is 2.33 bits per heavy atom. The molecule has 3 heteroatoms. The fourth-order valence-corrected chi connectivity index (χ4v) is 2.02. The number of likely N-dealkylation sites (tertiary alicyclic amines) is 1. The van der Waals surface area contributed by atoms with Gasteiger partial charge in [-0.1, -0.05) is 6.58 Å². The summed E-state index contributed by atoms with van der Waals surface area (Å²) in [5.74, 6) is 0.0822. The molecule has 2 aliphatic rings. The predicted octanol–water partition coefficient (Wildman–Crippen LogP) is -0.00570. The van der Waals surface area contributed by atoms with Gasteiger partial charge in [-0.15, -0.1) is 0 Å². The highest BCUT2D eigenvalue weighted by Gasteiger charge is 2.43. The van der Waals surface area contributed by atoms with E-state index in [0.29, 0.717) is 5.41 Å². The average molecular weight is 166 g/mol. The summed E-state index contributed by atoms with van der Waals surface area (Å²) in [7, 11) is 0. The number of carbonyl (C=O) groups is 1. The van der Waals surface area contributed by atoms with Crippen molar-refractivity contribution in [2.45, 2.75) is 6.42 Å². The molecule has 0 radical (unpaired) electrons. The van der Waals surface area contributed by atoms with Crippen molar-refractivity contribution in [3.05, 3.63) is 12.7 Å². The lowest BCUT2D eigenvalue weighted by Gasteiger charge is -2.38. The zero-order valence-corrected chi connectivity index (χ0v) is 7.18. The number of nitrogens with one attached hydrogen (secondary N) is 1. The van der Waals surface area contributed by atoms with E-state index in [9.17, 15) is 4.79 Å². The Hall–Kier alpha value is -0.830. The molecule has 66 valence electrons. The molecule has 0 aromatic heterocycles. The standard InChI is InChI=1S/C9H14N2O/c1-2-8(12)11-4-3-9(7-11)5-10-6-9/h2,10H,1,3-7H2. The molecular formula is C9H14N2O. The van der Waals surface area contributed by atoms with E-state index in [-0.39, 0.29) is 5.91 Å². The maximum Gasteiger partial charge on any atom is 0.245 e. The van der Waals surface area contributed by atoms with Gasteiger partial charge >= 0.3 is 0 Å². The zero-order chi connectivity index (χ0) is 8.60. The number of hydrogen-bond donors (Lipinski definition) is 1. The van der Waals surface area contributed by atoms with Crippen molar-refractivity contribution in [2.24, 2.45) is 5.41 Å². The number of amides is 1. The van der Waals surface area contributed by atoms with Crippen LogP contribution in [-0.2, 0) is 4.79 Å². The summed E-state index contributed by atoms with van der Waals surface area (Å²) in [5, 5.41) is 3.26. The van der Waals surface area contributed by atoms with Gasteiger partial charge in [-0.3, -0.25) is 4.79 Å². The molecule has 0 bridgehead atoms. The molecule has 12 heavy (non-hydrogen) atoms. The molecule has 2 heterocycles. The van der Waals surface area contributed by atoms with Crippen molar-refractivity contribution < 1.29 is 4.79 Å². The smallest absolute Gasteiger partial charge is 0.245 e. The van der Waals surface area contributed by atoms with Crippen molar-refractivity contribution in [3.8, 4) is 0 Å². The van der Waals surface area contributed by atoms with Crippen LogP contribution >= 0.6 is 0 Å². The van der Waals surface area contributed by atoms with E-state index in [1.807, 2.05) is 4.90 Å². The Morgan fingerprint density at radius 1 is 1.58 bits per heavy atom. The lowest BCUT2D eigenvalue weighted by atomic mass is 9.81. The molecule has 0 aromatic rings. The van der Waals surface area contributed by atoms with Crippen LogP contribution in [0.5, 0.6) is 0 Å². The number of nitrogens with zero attached hydrogens (tertiary/aromatic N) is 1. The van der Waals surface area contributed by atoms with Gasteiger partial charge < -0.3 is 10.2 Å². The second kappa shape index (κ2) is 2.59. The highest BCUT2D eigenvalue weighted by molar-refractivity contribution is 5.87. The van der Waals surface area contributed by atoms with Crippen molar-refractivity contribution in [1.29, 1.82) is 0 Å². The summed E-state index contributed by atoms with van der Waals surface area (Å²) in [4.78, 5) is 13.1. The summed E-state index contributed by atoms with van der Waals surface area (Å²) >= 11 is 0. The molecule has 1 amide bonds. The lowest BCUT2D eigenvalue weighted by molar-refractivity contribution is -0.125. The van der Waals surface area contributed by atoms with Crippen molar-refractivity contribution in [2.75, 3.05) is 26.2 Å². The van der Waals surface area contributed by atoms with Crippen LogP contribution in [0.1, 0.15) is 6.42 Å². The number of rotatable bonds is 1. The zero-order valence-electron chi connectivity index (χ0n) is 7.18. The molecule has 3 nitrogen and oxygen atoms in total. The fourth-order valence-electron chi connectivity index (χ4n) is 2.02. The number of carbonyl (C=O) groups excluding carboxylic acids is 1. The van der Waals surface area contributed by atoms with Crippen LogP contribution in [0.25, 0.3) is 0 Å². The van der Waals surface area contributed by atoms with E-state index in [4.69, 9.17) is 0 Å². The van der Waals surface area contributed by atoms with Crippen LogP contribution < -0.4 is 5.32 Å². The normalized spacial score (nSPS) is 25.5. The molecule has 2 saturated heterocycles. The summed E-state index contributed by atoms with van der Waals surface area (Å²) < 4.78 is 0. The molecule has 0 aromatic carbocycles. The minimum atomic E-state index is 0.0822. The van der Waals surface area contributed by atoms with Gasteiger partial charge in [0.1, 0.15) is 0 Å². The maximum atomic E-state index is 11.2. The first-order chi connectivity index (χ1) is 5.76. The topological polar surface area (TPSA) is 32.3 Å². The molecule has 2 rings (SSSR count). The predicted molar refractivity (Wildman–Crippen MR) is 46.7 cm³/mol. The first kappa shape index (κ1) is 7.80. The van der Waals surface area contributed by atoms with Gasteiger partial charge in [0.05, 0.1) is 0 Å².